The fourth-order valence-corrected chi connectivity index (χ4v) is 3.37. The molecule has 10 heteroatoms. The molecule has 1 heterocycles. The van der Waals surface area contributed by atoms with Crippen LogP contribution in [-0.4, -0.2) is 28.0 Å². The molecule has 3 aromatic rings. The summed E-state index contributed by atoms with van der Waals surface area (Å²) < 4.78 is 33.4. The lowest BCUT2D eigenvalue weighted by atomic mass is 10.2. The molecular formula is C22H27IN4O4S. The number of hydrogen-bond donors (Lipinski definition) is 3. The minimum absolute atomic E-state index is 0. The third kappa shape index (κ3) is 8.17. The Morgan fingerprint density at radius 1 is 1.06 bits per heavy atom. The van der Waals surface area contributed by atoms with Gasteiger partial charge in [-0.05, 0) is 47.5 Å². The fourth-order valence-electron chi connectivity index (χ4n) is 2.86. The third-order valence-corrected chi connectivity index (χ3v) is 5.44. The van der Waals surface area contributed by atoms with Crippen LogP contribution in [0.4, 0.5) is 0 Å². The minimum Gasteiger partial charge on any atom is -0.497 e. The molecule has 4 N–H and O–H groups in total. The Kier molecular flexibility index (Phi) is 10.0. The summed E-state index contributed by atoms with van der Waals surface area (Å²) in [6, 6.07) is 17.9. The monoisotopic (exact) mass is 570 g/mol. The maximum Gasteiger partial charge on any atom is 0.238 e. The van der Waals surface area contributed by atoms with Gasteiger partial charge >= 0.3 is 0 Å². The zero-order chi connectivity index (χ0) is 22.1. The Bertz CT molecular complexity index is 1100. The molecule has 0 aliphatic rings. The summed E-state index contributed by atoms with van der Waals surface area (Å²) in [5.74, 6) is 2.30. The van der Waals surface area contributed by atoms with Gasteiger partial charge in [0.05, 0.1) is 24.8 Å². The molecule has 2 aromatic carbocycles. The lowest BCUT2D eigenvalue weighted by molar-refractivity contribution is 0.414. The molecule has 172 valence electrons. The number of benzene rings is 2. The molecule has 0 fully saturated rings. The molecule has 1 aromatic heterocycles. The van der Waals surface area contributed by atoms with Crippen LogP contribution in [-0.2, 0) is 29.5 Å². The van der Waals surface area contributed by atoms with Gasteiger partial charge in [0.25, 0.3) is 0 Å². The van der Waals surface area contributed by atoms with Crippen molar-refractivity contribution >= 4 is 40.0 Å². The highest BCUT2D eigenvalue weighted by Gasteiger charge is 2.07. The van der Waals surface area contributed by atoms with Crippen molar-refractivity contribution in [1.82, 2.24) is 10.6 Å². The van der Waals surface area contributed by atoms with E-state index in [4.69, 9.17) is 14.3 Å². The zero-order valence-electron chi connectivity index (χ0n) is 17.7. The number of nitrogens with zero attached hydrogens (tertiary/aromatic N) is 1. The number of hydrogen-bond acceptors (Lipinski definition) is 5. The number of ether oxygens (including phenoxy) is 1. The lowest BCUT2D eigenvalue weighted by Crippen LogP contribution is -2.38. The summed E-state index contributed by atoms with van der Waals surface area (Å²) in [4.78, 5) is 4.74. The molecule has 0 aliphatic heterocycles. The molecule has 0 spiro atoms. The number of sulfonamides is 1. The van der Waals surface area contributed by atoms with Crippen molar-refractivity contribution < 1.29 is 17.6 Å². The van der Waals surface area contributed by atoms with E-state index in [1.54, 1.807) is 25.5 Å². The maximum absolute atomic E-state index is 11.4. The van der Waals surface area contributed by atoms with Gasteiger partial charge in [-0.2, -0.15) is 0 Å². The molecule has 0 atom stereocenters. The number of halogens is 1. The Morgan fingerprint density at radius 2 is 1.84 bits per heavy atom. The van der Waals surface area contributed by atoms with Gasteiger partial charge in [-0.3, -0.25) is 0 Å². The number of nitrogens with two attached hydrogens (primary N) is 1. The highest BCUT2D eigenvalue weighted by molar-refractivity contribution is 14.0. The van der Waals surface area contributed by atoms with Crippen molar-refractivity contribution in [2.75, 3.05) is 13.7 Å². The molecule has 0 radical (unpaired) electrons. The van der Waals surface area contributed by atoms with Crippen LogP contribution < -0.4 is 20.5 Å². The van der Waals surface area contributed by atoms with Crippen molar-refractivity contribution in [3.8, 4) is 5.75 Å². The van der Waals surface area contributed by atoms with Crippen LogP contribution in [0.3, 0.4) is 0 Å². The molecule has 32 heavy (non-hydrogen) atoms. The summed E-state index contributed by atoms with van der Waals surface area (Å²) in [6.45, 7) is 1.58. The van der Waals surface area contributed by atoms with Crippen LogP contribution >= 0.6 is 24.0 Å². The van der Waals surface area contributed by atoms with E-state index in [1.165, 1.54) is 12.1 Å². The number of primary sulfonamides is 1. The van der Waals surface area contributed by atoms with E-state index in [0.29, 0.717) is 25.6 Å². The van der Waals surface area contributed by atoms with Gasteiger partial charge < -0.3 is 19.8 Å². The molecule has 0 aliphatic carbocycles. The van der Waals surface area contributed by atoms with Crippen molar-refractivity contribution in [2.45, 2.75) is 24.4 Å². The number of aliphatic imine (C=N–C) groups is 1. The van der Waals surface area contributed by atoms with E-state index in [2.05, 4.69) is 15.6 Å². The largest absolute Gasteiger partial charge is 0.497 e. The number of methoxy groups -OCH3 is 1. The second-order valence-electron chi connectivity index (χ2n) is 6.82. The van der Waals surface area contributed by atoms with Crippen molar-refractivity contribution in [1.29, 1.82) is 0 Å². The van der Waals surface area contributed by atoms with Gasteiger partial charge in [-0.1, -0.05) is 24.3 Å². The standard InChI is InChI=1S/C22H26N4O4S.HI/c1-29-20-5-2-4-18(14-20)16-26-22(24-12-11-19-6-3-13-30-19)25-15-17-7-9-21(10-8-17)31(23,27)28;/h2-10,13-14H,11-12,15-16H2,1H3,(H2,23,27,28)(H2,24,25,26);1H. The van der Waals surface area contributed by atoms with Crippen LogP contribution in [0, 0.1) is 0 Å². The number of nitrogens with one attached hydrogen (secondary N) is 2. The van der Waals surface area contributed by atoms with E-state index in [-0.39, 0.29) is 28.9 Å². The molecule has 0 saturated heterocycles. The van der Waals surface area contributed by atoms with E-state index >= 15 is 0 Å². The lowest BCUT2D eigenvalue weighted by Gasteiger charge is -2.13. The highest BCUT2D eigenvalue weighted by Crippen LogP contribution is 2.13. The van der Waals surface area contributed by atoms with Gasteiger partial charge in [-0.25, -0.2) is 18.5 Å². The first kappa shape index (κ1) is 25.7. The summed E-state index contributed by atoms with van der Waals surface area (Å²) >= 11 is 0. The normalized spacial score (nSPS) is 11.5. The number of furan rings is 1. The molecule has 0 unspecified atom stereocenters. The smallest absolute Gasteiger partial charge is 0.238 e. The number of rotatable bonds is 9. The van der Waals surface area contributed by atoms with Crippen LogP contribution in [0.25, 0.3) is 0 Å². The highest BCUT2D eigenvalue weighted by atomic mass is 127. The Labute approximate surface area is 205 Å². The van der Waals surface area contributed by atoms with E-state index in [1.807, 2.05) is 36.4 Å². The third-order valence-electron chi connectivity index (χ3n) is 4.51. The van der Waals surface area contributed by atoms with E-state index < -0.39 is 10.0 Å². The minimum atomic E-state index is -3.71. The first-order valence-corrected chi connectivity index (χ1v) is 11.3. The van der Waals surface area contributed by atoms with Gasteiger partial charge in [-0.15, -0.1) is 24.0 Å². The predicted molar refractivity (Wildman–Crippen MR) is 135 cm³/mol. The molecule has 0 bridgehead atoms. The first-order chi connectivity index (χ1) is 14.9. The average molecular weight is 570 g/mol. The molecule has 0 saturated carbocycles. The summed E-state index contributed by atoms with van der Waals surface area (Å²) in [5, 5.41) is 11.7. The van der Waals surface area contributed by atoms with E-state index in [9.17, 15) is 8.42 Å². The van der Waals surface area contributed by atoms with Gasteiger partial charge in [0.2, 0.25) is 10.0 Å². The van der Waals surface area contributed by atoms with E-state index in [0.717, 1.165) is 29.1 Å². The fraction of sp³-hybridized carbons (Fsp3) is 0.227. The zero-order valence-corrected chi connectivity index (χ0v) is 20.8. The molecular weight excluding hydrogens is 543 g/mol. The van der Waals surface area contributed by atoms with Crippen LogP contribution in [0.1, 0.15) is 16.9 Å². The second kappa shape index (κ2) is 12.5. The molecule has 3 rings (SSSR count). The SMILES string of the molecule is COc1cccc(CN=C(NCCc2ccco2)NCc2ccc(S(N)(=O)=O)cc2)c1.I. The Hall–Kier alpha value is -2.57. The maximum atomic E-state index is 11.4. The Morgan fingerprint density at radius 3 is 2.50 bits per heavy atom. The van der Waals surface area contributed by atoms with Gasteiger partial charge in [0, 0.05) is 19.5 Å². The number of guanidine groups is 1. The average Bonchev–Trinajstić information content (AvgIpc) is 3.28. The predicted octanol–water partition coefficient (Wildman–Crippen LogP) is 3.03. The second-order valence-corrected chi connectivity index (χ2v) is 8.38. The van der Waals surface area contributed by atoms with Crippen molar-refractivity contribution in [3.63, 3.8) is 0 Å². The quantitative estimate of drug-likeness (QED) is 0.207. The van der Waals surface area contributed by atoms with Gasteiger partial charge in [0.15, 0.2) is 5.96 Å². The topological polar surface area (TPSA) is 119 Å². The van der Waals surface area contributed by atoms with Crippen LogP contribution in [0.15, 0.2) is 81.2 Å². The Balaban J connectivity index is 0.00000363. The van der Waals surface area contributed by atoms with Crippen LogP contribution in [0.5, 0.6) is 5.75 Å². The van der Waals surface area contributed by atoms with Crippen molar-refractivity contribution in [3.05, 3.63) is 83.8 Å². The van der Waals surface area contributed by atoms with Crippen molar-refractivity contribution in [2.24, 2.45) is 10.1 Å². The molecule has 8 nitrogen and oxygen atoms in total. The molecule has 0 amide bonds. The first-order valence-electron chi connectivity index (χ1n) is 9.73. The van der Waals surface area contributed by atoms with Gasteiger partial charge in [0.1, 0.15) is 11.5 Å². The van der Waals surface area contributed by atoms with Crippen LogP contribution in [0.2, 0.25) is 0 Å². The summed E-state index contributed by atoms with van der Waals surface area (Å²) in [5.41, 5.74) is 1.92. The summed E-state index contributed by atoms with van der Waals surface area (Å²) in [7, 11) is -2.07. The summed E-state index contributed by atoms with van der Waals surface area (Å²) in [6.07, 6.45) is 2.37.